The molecule has 4 nitrogen and oxygen atoms in total. The highest BCUT2D eigenvalue weighted by Gasteiger charge is 2.36. The molecule has 0 spiro atoms. The lowest BCUT2D eigenvalue weighted by molar-refractivity contribution is -0.144. The molecule has 0 aliphatic heterocycles. The summed E-state index contributed by atoms with van der Waals surface area (Å²) >= 11 is 0. The van der Waals surface area contributed by atoms with Gasteiger partial charge in [0.15, 0.2) is 0 Å². The Morgan fingerprint density at radius 1 is 1.21 bits per heavy atom. The van der Waals surface area contributed by atoms with Gasteiger partial charge in [0, 0.05) is 19.2 Å². The molecule has 0 aromatic carbocycles. The number of aromatic nitrogens is 2. The minimum absolute atomic E-state index is 0.153. The van der Waals surface area contributed by atoms with Crippen molar-refractivity contribution < 1.29 is 13.2 Å². The van der Waals surface area contributed by atoms with Crippen molar-refractivity contribution in [1.82, 2.24) is 9.97 Å². The summed E-state index contributed by atoms with van der Waals surface area (Å²) in [5.41, 5.74) is 5.45. The van der Waals surface area contributed by atoms with Gasteiger partial charge in [-0.3, -0.25) is 0 Å². The summed E-state index contributed by atoms with van der Waals surface area (Å²) in [5, 5.41) is 0. The molecule has 0 radical (unpaired) electrons. The van der Waals surface area contributed by atoms with Gasteiger partial charge in [0.25, 0.3) is 0 Å². The first-order chi connectivity index (χ1) is 8.88. The molecule has 7 heteroatoms. The minimum atomic E-state index is -4.57. The number of rotatable bonds is 2. The van der Waals surface area contributed by atoms with E-state index in [-0.39, 0.29) is 17.7 Å². The van der Waals surface area contributed by atoms with Crippen molar-refractivity contribution in [1.29, 1.82) is 0 Å². The molecule has 1 aromatic heterocycles. The summed E-state index contributed by atoms with van der Waals surface area (Å²) in [6.45, 7) is 0. The van der Waals surface area contributed by atoms with E-state index in [4.69, 9.17) is 5.73 Å². The molecule has 1 saturated carbocycles. The van der Waals surface area contributed by atoms with E-state index in [1.807, 2.05) is 0 Å². The molecule has 1 heterocycles. The molecule has 1 aromatic rings. The largest absolute Gasteiger partial charge is 0.451 e. The third-order valence-corrected chi connectivity index (χ3v) is 3.47. The predicted molar refractivity (Wildman–Crippen MR) is 66.7 cm³/mol. The average Bonchev–Trinajstić information content (AvgIpc) is 2.37. The zero-order valence-corrected chi connectivity index (χ0v) is 10.7. The van der Waals surface area contributed by atoms with Crippen molar-refractivity contribution in [2.45, 2.75) is 44.3 Å². The Labute approximate surface area is 109 Å². The number of nitrogen functional groups attached to an aromatic ring is 1. The summed E-state index contributed by atoms with van der Waals surface area (Å²) in [7, 11) is 1.76. The standard InChI is InChI=1S/C12H17F3N4/c1-19(8-5-3-2-4-6-8)10-7-9(16)17-11(18-10)12(13,14)15/h7-8H,2-6H2,1H3,(H2,16,17,18). The van der Waals surface area contributed by atoms with E-state index in [1.165, 1.54) is 12.5 Å². The number of hydrogen-bond donors (Lipinski definition) is 1. The van der Waals surface area contributed by atoms with Gasteiger partial charge >= 0.3 is 6.18 Å². The molecule has 19 heavy (non-hydrogen) atoms. The first-order valence-electron chi connectivity index (χ1n) is 6.32. The first-order valence-corrected chi connectivity index (χ1v) is 6.32. The van der Waals surface area contributed by atoms with Crippen LogP contribution < -0.4 is 10.6 Å². The smallest absolute Gasteiger partial charge is 0.384 e. The van der Waals surface area contributed by atoms with E-state index in [9.17, 15) is 13.2 Å². The highest BCUT2D eigenvalue weighted by atomic mass is 19.4. The number of alkyl halides is 3. The van der Waals surface area contributed by atoms with Crippen LogP contribution in [0.3, 0.4) is 0 Å². The van der Waals surface area contributed by atoms with E-state index < -0.39 is 12.0 Å². The van der Waals surface area contributed by atoms with E-state index in [2.05, 4.69) is 9.97 Å². The van der Waals surface area contributed by atoms with Gasteiger partial charge in [-0.15, -0.1) is 0 Å². The lowest BCUT2D eigenvalue weighted by Gasteiger charge is -2.32. The Bertz CT molecular complexity index is 441. The van der Waals surface area contributed by atoms with E-state index >= 15 is 0 Å². The zero-order valence-electron chi connectivity index (χ0n) is 10.7. The fourth-order valence-corrected chi connectivity index (χ4v) is 2.42. The maximum absolute atomic E-state index is 12.7. The van der Waals surface area contributed by atoms with Gasteiger partial charge in [-0.1, -0.05) is 19.3 Å². The van der Waals surface area contributed by atoms with Gasteiger partial charge in [-0.25, -0.2) is 9.97 Å². The van der Waals surface area contributed by atoms with Gasteiger partial charge in [0.2, 0.25) is 5.82 Å². The fourth-order valence-electron chi connectivity index (χ4n) is 2.42. The molecule has 2 rings (SSSR count). The molecule has 0 saturated heterocycles. The van der Waals surface area contributed by atoms with Gasteiger partial charge in [-0.05, 0) is 12.8 Å². The monoisotopic (exact) mass is 274 g/mol. The van der Waals surface area contributed by atoms with Crippen molar-refractivity contribution in [3.63, 3.8) is 0 Å². The quantitative estimate of drug-likeness (QED) is 0.901. The number of anilines is 2. The molecule has 0 atom stereocenters. The van der Waals surface area contributed by atoms with Crippen molar-refractivity contribution in [2.75, 3.05) is 17.7 Å². The van der Waals surface area contributed by atoms with E-state index in [1.54, 1.807) is 11.9 Å². The van der Waals surface area contributed by atoms with Crippen LogP contribution in [0.15, 0.2) is 6.07 Å². The second kappa shape index (κ2) is 5.22. The van der Waals surface area contributed by atoms with Crippen LogP contribution >= 0.6 is 0 Å². The van der Waals surface area contributed by atoms with Crippen LogP contribution in [0.4, 0.5) is 24.8 Å². The Hall–Kier alpha value is -1.53. The third-order valence-electron chi connectivity index (χ3n) is 3.47. The van der Waals surface area contributed by atoms with Crippen molar-refractivity contribution in [2.24, 2.45) is 0 Å². The van der Waals surface area contributed by atoms with E-state index in [0.717, 1.165) is 25.7 Å². The Balaban J connectivity index is 2.26. The van der Waals surface area contributed by atoms with Crippen LogP contribution in [0.2, 0.25) is 0 Å². The fraction of sp³-hybridized carbons (Fsp3) is 0.667. The molecule has 1 aliphatic rings. The number of hydrogen-bond acceptors (Lipinski definition) is 4. The van der Waals surface area contributed by atoms with Crippen molar-refractivity contribution in [3.05, 3.63) is 11.9 Å². The topological polar surface area (TPSA) is 55.0 Å². The number of halogens is 3. The van der Waals surface area contributed by atoms with Gasteiger partial charge < -0.3 is 10.6 Å². The number of nitrogens with zero attached hydrogens (tertiary/aromatic N) is 3. The van der Waals surface area contributed by atoms with E-state index in [0.29, 0.717) is 0 Å². The maximum Gasteiger partial charge on any atom is 0.451 e. The molecule has 0 unspecified atom stereocenters. The maximum atomic E-state index is 12.7. The van der Waals surface area contributed by atoms with Crippen molar-refractivity contribution in [3.8, 4) is 0 Å². The molecular formula is C12H17F3N4. The van der Waals surface area contributed by atoms with Gasteiger partial charge in [0.1, 0.15) is 11.6 Å². The van der Waals surface area contributed by atoms with Crippen molar-refractivity contribution >= 4 is 11.6 Å². The lowest BCUT2D eigenvalue weighted by Crippen LogP contribution is -2.34. The molecular weight excluding hydrogens is 257 g/mol. The summed E-state index contributed by atoms with van der Waals surface area (Å²) in [5.74, 6) is -1.09. The normalized spacial score (nSPS) is 17.5. The summed E-state index contributed by atoms with van der Waals surface area (Å²) < 4.78 is 38.0. The zero-order chi connectivity index (χ0) is 14.0. The molecule has 2 N–H and O–H groups in total. The highest BCUT2D eigenvalue weighted by molar-refractivity contribution is 5.47. The average molecular weight is 274 g/mol. The van der Waals surface area contributed by atoms with Gasteiger partial charge in [-0.2, -0.15) is 13.2 Å². The Morgan fingerprint density at radius 2 is 1.84 bits per heavy atom. The predicted octanol–water partition coefficient (Wildman–Crippen LogP) is 2.85. The lowest BCUT2D eigenvalue weighted by atomic mass is 9.94. The van der Waals surface area contributed by atoms with Crippen LogP contribution in [0, 0.1) is 0 Å². The minimum Gasteiger partial charge on any atom is -0.384 e. The van der Waals surface area contributed by atoms with Crippen LogP contribution in [0.1, 0.15) is 37.9 Å². The van der Waals surface area contributed by atoms with Gasteiger partial charge in [0.05, 0.1) is 0 Å². The van der Waals surface area contributed by atoms with Crippen LogP contribution in [-0.2, 0) is 6.18 Å². The molecule has 1 fully saturated rings. The second-order valence-electron chi connectivity index (χ2n) is 4.88. The van der Waals surface area contributed by atoms with Crippen LogP contribution in [0.25, 0.3) is 0 Å². The second-order valence-corrected chi connectivity index (χ2v) is 4.88. The third kappa shape index (κ3) is 3.27. The van der Waals surface area contributed by atoms with Crippen LogP contribution in [-0.4, -0.2) is 23.1 Å². The summed E-state index contributed by atoms with van der Waals surface area (Å²) in [4.78, 5) is 8.62. The summed E-state index contributed by atoms with van der Waals surface area (Å²) in [6.07, 6.45) is 0.758. The Morgan fingerprint density at radius 3 is 2.42 bits per heavy atom. The van der Waals surface area contributed by atoms with Crippen LogP contribution in [0.5, 0.6) is 0 Å². The number of nitrogens with two attached hydrogens (primary N) is 1. The SMILES string of the molecule is CN(c1cc(N)nc(C(F)(F)F)n1)C1CCCCC1. The summed E-state index contributed by atoms with van der Waals surface area (Å²) in [6, 6.07) is 1.62. The molecule has 1 aliphatic carbocycles. The molecule has 0 bridgehead atoms. The highest BCUT2D eigenvalue weighted by Crippen LogP contribution is 2.30. The first kappa shape index (κ1) is 13.9. The molecule has 0 amide bonds. The molecule has 106 valence electrons. The Kier molecular flexibility index (Phi) is 3.82.